The number of carbonyl (C=O) groups is 1. The van der Waals surface area contributed by atoms with Crippen LogP contribution in [0.15, 0.2) is 67.0 Å². The molecule has 0 saturated carbocycles. The highest BCUT2D eigenvalue weighted by atomic mass is 16.4. The van der Waals surface area contributed by atoms with Gasteiger partial charge in [0.2, 0.25) is 5.95 Å². The number of carboxylic acid groups (broad SMARTS) is 1. The fourth-order valence-electron chi connectivity index (χ4n) is 2.88. The van der Waals surface area contributed by atoms with Crippen molar-refractivity contribution in [2.45, 2.75) is 6.54 Å². The van der Waals surface area contributed by atoms with Crippen molar-refractivity contribution in [3.8, 4) is 11.1 Å². The zero-order chi connectivity index (χ0) is 17.9. The minimum Gasteiger partial charge on any atom is -0.478 e. The third kappa shape index (κ3) is 3.12. The molecule has 0 fully saturated rings. The van der Waals surface area contributed by atoms with Crippen LogP contribution in [0.25, 0.3) is 22.2 Å². The van der Waals surface area contributed by atoms with Crippen LogP contribution >= 0.6 is 0 Å². The molecule has 0 bridgehead atoms. The number of anilines is 1. The lowest BCUT2D eigenvalue weighted by Crippen LogP contribution is -2.01. The van der Waals surface area contributed by atoms with Crippen molar-refractivity contribution in [3.63, 3.8) is 0 Å². The van der Waals surface area contributed by atoms with E-state index in [1.807, 2.05) is 30.3 Å². The molecule has 2 aromatic carbocycles. The average molecular weight is 344 g/mol. The maximum atomic E-state index is 11.3. The number of para-hydroxylation sites is 1. The number of hydrogen-bond acceptors (Lipinski definition) is 4. The monoisotopic (exact) mass is 344 g/mol. The van der Waals surface area contributed by atoms with E-state index in [1.54, 1.807) is 24.5 Å². The van der Waals surface area contributed by atoms with Crippen molar-refractivity contribution in [1.82, 2.24) is 15.0 Å². The van der Waals surface area contributed by atoms with Gasteiger partial charge in [-0.25, -0.2) is 9.78 Å². The fourth-order valence-corrected chi connectivity index (χ4v) is 2.88. The van der Waals surface area contributed by atoms with Gasteiger partial charge >= 0.3 is 5.97 Å². The van der Waals surface area contributed by atoms with Crippen molar-refractivity contribution < 1.29 is 9.90 Å². The first-order valence-electron chi connectivity index (χ1n) is 8.16. The molecule has 26 heavy (non-hydrogen) atoms. The number of hydrogen-bond donors (Lipinski definition) is 3. The zero-order valence-electron chi connectivity index (χ0n) is 13.8. The number of H-pyrrole nitrogens is 1. The molecular formula is C20H16N4O2. The van der Waals surface area contributed by atoms with Gasteiger partial charge in [0.15, 0.2) is 0 Å². The quantitative estimate of drug-likeness (QED) is 0.510. The van der Waals surface area contributed by atoms with Gasteiger partial charge in [-0.3, -0.25) is 4.98 Å². The average Bonchev–Trinajstić information content (AvgIpc) is 3.10. The number of nitrogens with one attached hydrogen (secondary N) is 2. The summed E-state index contributed by atoms with van der Waals surface area (Å²) in [5.41, 5.74) is 4.65. The molecule has 0 unspecified atom stereocenters. The maximum Gasteiger partial charge on any atom is 0.337 e. The van der Waals surface area contributed by atoms with Crippen LogP contribution < -0.4 is 5.32 Å². The second kappa shape index (κ2) is 6.68. The second-order valence-corrected chi connectivity index (χ2v) is 5.88. The topological polar surface area (TPSA) is 90.9 Å². The van der Waals surface area contributed by atoms with Gasteiger partial charge in [0.05, 0.1) is 11.1 Å². The molecule has 2 aromatic heterocycles. The Kier molecular flexibility index (Phi) is 4.07. The largest absolute Gasteiger partial charge is 0.478 e. The van der Waals surface area contributed by atoms with Crippen LogP contribution in [0.4, 0.5) is 5.95 Å². The molecule has 0 amide bonds. The number of rotatable bonds is 5. The molecule has 2 heterocycles. The summed E-state index contributed by atoms with van der Waals surface area (Å²) in [5.74, 6) is -0.443. The summed E-state index contributed by atoms with van der Waals surface area (Å²) < 4.78 is 0. The second-order valence-electron chi connectivity index (χ2n) is 5.88. The highest BCUT2D eigenvalue weighted by Crippen LogP contribution is 2.21. The molecule has 0 spiro atoms. The fraction of sp³-hybridized carbons (Fsp3) is 0.0500. The Labute approximate surface area is 149 Å². The Bertz CT molecular complexity index is 1070. The molecule has 6 heteroatoms. The van der Waals surface area contributed by atoms with E-state index in [2.05, 4.69) is 32.4 Å². The normalized spacial score (nSPS) is 10.8. The Morgan fingerprint density at radius 1 is 1.04 bits per heavy atom. The number of carboxylic acids is 1. The predicted octanol–water partition coefficient (Wildman–Crippen LogP) is 3.94. The highest BCUT2D eigenvalue weighted by molar-refractivity contribution is 6.01. The summed E-state index contributed by atoms with van der Waals surface area (Å²) in [6.45, 7) is 0.571. The van der Waals surface area contributed by atoms with E-state index >= 15 is 0 Å². The number of aromatic carboxylic acids is 1. The third-order valence-corrected chi connectivity index (χ3v) is 4.14. The molecule has 4 rings (SSSR count). The van der Waals surface area contributed by atoms with Gasteiger partial charge in [-0.1, -0.05) is 24.3 Å². The number of imidazole rings is 1. The van der Waals surface area contributed by atoms with Gasteiger partial charge in [0, 0.05) is 18.9 Å². The van der Waals surface area contributed by atoms with Crippen molar-refractivity contribution in [2.24, 2.45) is 0 Å². The molecule has 0 radical (unpaired) electrons. The van der Waals surface area contributed by atoms with E-state index in [0.717, 1.165) is 16.7 Å². The van der Waals surface area contributed by atoms with Gasteiger partial charge in [-0.2, -0.15) is 0 Å². The van der Waals surface area contributed by atoms with Gasteiger partial charge in [-0.05, 0) is 47.0 Å². The molecule has 0 aliphatic rings. The van der Waals surface area contributed by atoms with Crippen LogP contribution in [-0.2, 0) is 6.54 Å². The molecule has 128 valence electrons. The molecule has 0 saturated heterocycles. The maximum absolute atomic E-state index is 11.3. The Balaban J connectivity index is 1.55. The summed E-state index contributed by atoms with van der Waals surface area (Å²) in [5, 5.41) is 12.5. The molecule has 4 aromatic rings. The number of aromatic amines is 1. The van der Waals surface area contributed by atoms with Crippen LogP contribution in [0.1, 0.15) is 15.9 Å². The smallest absolute Gasteiger partial charge is 0.337 e. The Morgan fingerprint density at radius 2 is 1.85 bits per heavy atom. The molecule has 3 N–H and O–H groups in total. The standard InChI is InChI=1S/C20H16N4O2/c25-19(26)16-5-2-6-17-18(16)24-20(23-17)22-12-13-3-1-4-15(11-13)14-7-9-21-10-8-14/h1-11H,12H2,(H,25,26)(H2,22,23,24). The first-order valence-corrected chi connectivity index (χ1v) is 8.16. The van der Waals surface area contributed by atoms with Crippen molar-refractivity contribution in [1.29, 1.82) is 0 Å². The lowest BCUT2D eigenvalue weighted by atomic mass is 10.0. The van der Waals surface area contributed by atoms with E-state index in [-0.39, 0.29) is 5.56 Å². The van der Waals surface area contributed by atoms with Crippen molar-refractivity contribution in [2.75, 3.05) is 5.32 Å². The van der Waals surface area contributed by atoms with Crippen LogP contribution in [-0.4, -0.2) is 26.0 Å². The van der Waals surface area contributed by atoms with E-state index in [1.165, 1.54) is 0 Å². The minimum atomic E-state index is -0.987. The van der Waals surface area contributed by atoms with Crippen LogP contribution in [0.3, 0.4) is 0 Å². The van der Waals surface area contributed by atoms with Gasteiger partial charge in [0.25, 0.3) is 0 Å². The molecule has 0 aliphatic heterocycles. The SMILES string of the molecule is O=C(O)c1cccc2[nH]c(NCc3cccc(-c4ccncc4)c3)nc12. The summed E-state index contributed by atoms with van der Waals surface area (Å²) >= 11 is 0. The molecule has 6 nitrogen and oxygen atoms in total. The summed E-state index contributed by atoms with van der Waals surface area (Å²) in [6.07, 6.45) is 3.55. The number of aromatic nitrogens is 3. The van der Waals surface area contributed by atoms with E-state index in [0.29, 0.717) is 23.5 Å². The molecular weight excluding hydrogens is 328 g/mol. The van der Waals surface area contributed by atoms with Crippen molar-refractivity contribution in [3.05, 3.63) is 78.1 Å². The first-order chi connectivity index (χ1) is 12.7. The summed E-state index contributed by atoms with van der Waals surface area (Å²) in [4.78, 5) is 22.8. The number of benzene rings is 2. The molecule has 0 aliphatic carbocycles. The van der Waals surface area contributed by atoms with Gasteiger partial charge in [-0.15, -0.1) is 0 Å². The Morgan fingerprint density at radius 3 is 2.65 bits per heavy atom. The van der Waals surface area contributed by atoms with Crippen molar-refractivity contribution >= 4 is 23.0 Å². The van der Waals surface area contributed by atoms with E-state index in [9.17, 15) is 9.90 Å². The predicted molar refractivity (Wildman–Crippen MR) is 100 cm³/mol. The lowest BCUT2D eigenvalue weighted by molar-refractivity contribution is 0.0699. The van der Waals surface area contributed by atoms with Crippen LogP contribution in [0.2, 0.25) is 0 Å². The van der Waals surface area contributed by atoms with E-state index in [4.69, 9.17) is 0 Å². The molecule has 0 atom stereocenters. The number of pyridine rings is 1. The van der Waals surface area contributed by atoms with E-state index < -0.39 is 5.97 Å². The van der Waals surface area contributed by atoms with Crippen LogP contribution in [0, 0.1) is 0 Å². The third-order valence-electron chi connectivity index (χ3n) is 4.14. The summed E-state index contributed by atoms with van der Waals surface area (Å²) in [7, 11) is 0. The number of nitrogens with zero attached hydrogens (tertiary/aromatic N) is 2. The first kappa shape index (κ1) is 15.8. The lowest BCUT2D eigenvalue weighted by Gasteiger charge is -2.06. The Hall–Kier alpha value is -3.67. The summed E-state index contributed by atoms with van der Waals surface area (Å²) in [6, 6.07) is 17.2. The number of fused-ring (bicyclic) bond motifs is 1. The van der Waals surface area contributed by atoms with Gasteiger partial charge in [0.1, 0.15) is 5.52 Å². The zero-order valence-corrected chi connectivity index (χ0v) is 13.8. The van der Waals surface area contributed by atoms with Crippen LogP contribution in [0.5, 0.6) is 0 Å². The minimum absolute atomic E-state index is 0.187. The highest BCUT2D eigenvalue weighted by Gasteiger charge is 2.12. The van der Waals surface area contributed by atoms with Gasteiger partial charge < -0.3 is 15.4 Å².